The van der Waals surface area contributed by atoms with Crippen LogP contribution in [0, 0.1) is 0 Å². The number of hydrogen-bond acceptors (Lipinski definition) is 5. The number of aromatic hydroxyl groups is 2. The molecule has 36 heavy (non-hydrogen) atoms. The van der Waals surface area contributed by atoms with Crippen molar-refractivity contribution < 1.29 is 24.5 Å². The fourth-order valence-electron chi connectivity index (χ4n) is 3.72. The Bertz CT molecular complexity index is 1200. The molecule has 0 aromatic heterocycles. The Morgan fingerprint density at radius 1 is 0.944 bits per heavy atom. The summed E-state index contributed by atoms with van der Waals surface area (Å²) >= 11 is 0. The molecule has 2 rings (SSSR count). The molecule has 6 heteroatoms. The Balaban J connectivity index is 2.41. The van der Waals surface area contributed by atoms with Crippen molar-refractivity contribution in [2.24, 2.45) is 0 Å². The van der Waals surface area contributed by atoms with Crippen LogP contribution in [0.2, 0.25) is 0 Å². The van der Waals surface area contributed by atoms with Gasteiger partial charge in [0.25, 0.3) is 5.91 Å². The summed E-state index contributed by atoms with van der Waals surface area (Å²) in [6.07, 6.45) is 9.56. The van der Waals surface area contributed by atoms with E-state index in [1.54, 1.807) is 12.1 Å². The summed E-state index contributed by atoms with van der Waals surface area (Å²) in [6, 6.07) is 6.08. The van der Waals surface area contributed by atoms with Crippen molar-refractivity contribution in [1.29, 1.82) is 0 Å². The van der Waals surface area contributed by atoms with Gasteiger partial charge in [0.1, 0.15) is 12.0 Å². The van der Waals surface area contributed by atoms with Crippen LogP contribution in [0.3, 0.4) is 0 Å². The van der Waals surface area contributed by atoms with Crippen LogP contribution in [0.5, 0.6) is 17.2 Å². The first-order valence-electron chi connectivity index (χ1n) is 12.0. The van der Waals surface area contributed by atoms with Crippen molar-refractivity contribution in [2.45, 2.75) is 60.3 Å². The fraction of sp³-hybridized carbons (Fsp3) is 0.333. The molecule has 0 radical (unpaired) electrons. The number of anilines is 1. The third-order valence-electron chi connectivity index (χ3n) is 5.73. The van der Waals surface area contributed by atoms with E-state index in [1.807, 2.05) is 19.9 Å². The van der Waals surface area contributed by atoms with Gasteiger partial charge in [0.15, 0.2) is 11.5 Å². The average Bonchev–Trinajstić information content (AvgIpc) is 2.82. The number of amides is 1. The molecule has 0 heterocycles. The minimum atomic E-state index is -0.444. The van der Waals surface area contributed by atoms with Gasteiger partial charge < -0.3 is 20.3 Å². The topological polar surface area (TPSA) is 95.9 Å². The number of nitrogens with one attached hydrogen (secondary N) is 1. The lowest BCUT2D eigenvalue weighted by Gasteiger charge is -2.15. The van der Waals surface area contributed by atoms with Crippen LogP contribution >= 0.6 is 0 Å². The molecular formula is C30H37NO5. The molecule has 0 aliphatic rings. The highest BCUT2D eigenvalue weighted by Gasteiger charge is 2.19. The van der Waals surface area contributed by atoms with E-state index >= 15 is 0 Å². The molecule has 0 fully saturated rings. The normalized spacial score (nSPS) is 11.0. The zero-order valence-corrected chi connectivity index (χ0v) is 22.1. The lowest BCUT2D eigenvalue weighted by atomic mass is 9.97. The maximum atomic E-state index is 13.4. The number of allylic oxidation sites excluding steroid dienone is 6. The van der Waals surface area contributed by atoms with Crippen LogP contribution in [0.1, 0.15) is 79.3 Å². The van der Waals surface area contributed by atoms with E-state index in [1.165, 1.54) is 30.4 Å². The summed E-state index contributed by atoms with van der Waals surface area (Å²) in [5.74, 6) is -0.527. The third-order valence-corrected chi connectivity index (χ3v) is 5.73. The fourth-order valence-corrected chi connectivity index (χ4v) is 3.72. The predicted molar refractivity (Wildman–Crippen MR) is 145 cm³/mol. The van der Waals surface area contributed by atoms with Crippen LogP contribution in [-0.4, -0.2) is 29.5 Å². The Hall–Kier alpha value is -3.80. The van der Waals surface area contributed by atoms with Gasteiger partial charge in [-0.15, -0.1) is 0 Å². The molecule has 0 saturated carbocycles. The largest absolute Gasteiger partial charge is 0.504 e. The second-order valence-electron chi connectivity index (χ2n) is 9.38. The number of hydrogen-bond donors (Lipinski definition) is 3. The van der Waals surface area contributed by atoms with E-state index in [0.29, 0.717) is 52.8 Å². The average molecular weight is 492 g/mol. The number of aldehydes is 1. The van der Waals surface area contributed by atoms with Crippen LogP contribution < -0.4 is 10.1 Å². The number of rotatable bonds is 11. The molecule has 2 aromatic carbocycles. The first kappa shape index (κ1) is 28.4. The Morgan fingerprint density at radius 3 is 2.25 bits per heavy atom. The molecule has 0 bridgehead atoms. The number of phenolic OH excluding ortho intramolecular Hbond substituents is 2. The minimum absolute atomic E-state index is 0.218. The molecule has 2 aromatic rings. The first-order chi connectivity index (χ1) is 17.0. The number of methoxy groups -OCH3 is 1. The monoisotopic (exact) mass is 491 g/mol. The number of ether oxygens (including phenoxy) is 1. The molecule has 3 N–H and O–H groups in total. The van der Waals surface area contributed by atoms with E-state index in [-0.39, 0.29) is 11.5 Å². The van der Waals surface area contributed by atoms with E-state index in [4.69, 9.17) is 4.74 Å². The van der Waals surface area contributed by atoms with Gasteiger partial charge in [-0.05, 0) is 78.5 Å². The Labute approximate surface area is 214 Å². The van der Waals surface area contributed by atoms with Gasteiger partial charge in [-0.2, -0.15) is 0 Å². The van der Waals surface area contributed by atoms with E-state index in [9.17, 15) is 19.8 Å². The molecule has 0 saturated heterocycles. The zero-order chi connectivity index (χ0) is 26.8. The summed E-state index contributed by atoms with van der Waals surface area (Å²) in [5.41, 5.74) is 5.64. The molecule has 192 valence electrons. The van der Waals surface area contributed by atoms with Gasteiger partial charge in [-0.3, -0.25) is 9.59 Å². The van der Waals surface area contributed by atoms with Crippen LogP contribution in [0.25, 0.3) is 0 Å². The van der Waals surface area contributed by atoms with E-state index < -0.39 is 5.91 Å². The number of benzene rings is 2. The zero-order valence-electron chi connectivity index (χ0n) is 22.1. The summed E-state index contributed by atoms with van der Waals surface area (Å²) in [6.45, 7) is 10.1. The standard InChI is InChI=1S/C30H37NO5/c1-19(2)8-7-9-21(5)11-13-25-26(14-22(18-32)15-28(25)36-6)30(35)31-24-16-23(12-10-20(3)4)29(34)27(33)17-24/h8,10-11,14-18,33-34H,7,9,12-13H2,1-6H3,(H,31,35)/b21-11+. The Kier molecular flexibility index (Phi) is 10.5. The summed E-state index contributed by atoms with van der Waals surface area (Å²) in [5, 5.41) is 23.2. The van der Waals surface area contributed by atoms with Crippen LogP contribution in [0.15, 0.2) is 59.2 Å². The molecule has 0 aliphatic carbocycles. The van der Waals surface area contributed by atoms with Gasteiger partial charge in [0, 0.05) is 34.0 Å². The van der Waals surface area contributed by atoms with Crippen LogP contribution in [-0.2, 0) is 12.8 Å². The molecule has 0 spiro atoms. The van der Waals surface area contributed by atoms with Crippen molar-refractivity contribution in [3.63, 3.8) is 0 Å². The van der Waals surface area contributed by atoms with Gasteiger partial charge in [0.05, 0.1) is 7.11 Å². The van der Waals surface area contributed by atoms with Gasteiger partial charge >= 0.3 is 0 Å². The summed E-state index contributed by atoms with van der Waals surface area (Å²) < 4.78 is 5.52. The molecule has 6 nitrogen and oxygen atoms in total. The maximum absolute atomic E-state index is 13.4. The molecule has 0 atom stereocenters. The number of carbonyl (C=O) groups excluding carboxylic acids is 2. The first-order valence-corrected chi connectivity index (χ1v) is 12.0. The Morgan fingerprint density at radius 2 is 1.64 bits per heavy atom. The molecular weight excluding hydrogens is 454 g/mol. The van der Waals surface area contributed by atoms with Crippen molar-refractivity contribution >= 4 is 17.9 Å². The van der Waals surface area contributed by atoms with Crippen molar-refractivity contribution in [3.8, 4) is 17.2 Å². The molecule has 1 amide bonds. The molecule has 0 unspecified atom stereocenters. The second-order valence-corrected chi connectivity index (χ2v) is 9.38. The highest BCUT2D eigenvalue weighted by Crippen LogP contribution is 2.34. The van der Waals surface area contributed by atoms with Crippen molar-refractivity contribution in [2.75, 3.05) is 12.4 Å². The van der Waals surface area contributed by atoms with Gasteiger partial charge in [-0.1, -0.05) is 34.9 Å². The van der Waals surface area contributed by atoms with Gasteiger partial charge in [-0.25, -0.2) is 0 Å². The van der Waals surface area contributed by atoms with E-state index in [0.717, 1.165) is 18.4 Å². The quantitative estimate of drug-likeness (QED) is 0.137. The van der Waals surface area contributed by atoms with Crippen molar-refractivity contribution in [3.05, 3.63) is 81.5 Å². The highest BCUT2D eigenvalue weighted by molar-refractivity contribution is 6.07. The van der Waals surface area contributed by atoms with E-state index in [2.05, 4.69) is 38.2 Å². The smallest absolute Gasteiger partial charge is 0.256 e. The highest BCUT2D eigenvalue weighted by atomic mass is 16.5. The van der Waals surface area contributed by atoms with Crippen LogP contribution in [0.4, 0.5) is 5.69 Å². The molecule has 0 aliphatic heterocycles. The lowest BCUT2D eigenvalue weighted by Crippen LogP contribution is -2.16. The predicted octanol–water partition coefficient (Wildman–Crippen LogP) is 6.92. The van der Waals surface area contributed by atoms with Gasteiger partial charge in [0.2, 0.25) is 0 Å². The van der Waals surface area contributed by atoms with Crippen molar-refractivity contribution in [1.82, 2.24) is 0 Å². The maximum Gasteiger partial charge on any atom is 0.256 e. The second kappa shape index (κ2) is 13.3. The summed E-state index contributed by atoms with van der Waals surface area (Å²) in [4.78, 5) is 24.9. The number of phenols is 2. The SMILES string of the molecule is COc1cc(C=O)cc(C(=O)Nc2cc(O)c(O)c(CC=C(C)C)c2)c1C/C=C(\C)CCC=C(C)C. The number of carbonyl (C=O) groups is 2. The third kappa shape index (κ3) is 8.15. The minimum Gasteiger partial charge on any atom is -0.504 e. The summed E-state index contributed by atoms with van der Waals surface area (Å²) in [7, 11) is 1.51. The lowest BCUT2D eigenvalue weighted by molar-refractivity contribution is 0.102.